The van der Waals surface area contributed by atoms with Crippen molar-refractivity contribution in [2.45, 2.75) is 64.3 Å². The fraction of sp³-hybridized carbons (Fsp3) is 0.650. The highest BCUT2D eigenvalue weighted by Crippen LogP contribution is 2.27. The summed E-state index contributed by atoms with van der Waals surface area (Å²) in [4.78, 5) is 4.68. The topological polar surface area (TPSA) is 83.0 Å². The fourth-order valence-electron chi connectivity index (χ4n) is 3.36. The summed E-state index contributed by atoms with van der Waals surface area (Å²) in [5, 5.41) is 16.9. The van der Waals surface area contributed by atoms with Crippen molar-refractivity contribution in [3.8, 4) is 11.5 Å². The molecular formula is C20H33N3O3S. The van der Waals surface area contributed by atoms with Crippen LogP contribution < -0.4 is 15.4 Å². The van der Waals surface area contributed by atoms with Crippen LogP contribution >= 0.6 is 0 Å². The quantitative estimate of drug-likeness (QED) is 0.466. The first kappa shape index (κ1) is 21.5. The second kappa shape index (κ2) is 11.2. The van der Waals surface area contributed by atoms with E-state index in [9.17, 15) is 9.32 Å². The first-order chi connectivity index (χ1) is 13.1. The molecule has 0 spiro atoms. The number of hydrogen-bond donors (Lipinski definition) is 3. The molecule has 0 aliphatic heterocycles. The average molecular weight is 396 g/mol. The molecule has 0 aromatic heterocycles. The lowest BCUT2D eigenvalue weighted by molar-refractivity contribution is 0.318. The molecule has 1 fully saturated rings. The van der Waals surface area contributed by atoms with E-state index < -0.39 is 10.8 Å². The van der Waals surface area contributed by atoms with E-state index >= 15 is 0 Å². The minimum atomic E-state index is -0.731. The Kier molecular flexibility index (Phi) is 8.91. The van der Waals surface area contributed by atoms with Gasteiger partial charge in [-0.1, -0.05) is 19.4 Å². The number of nitrogens with zero attached hydrogens (tertiary/aromatic N) is 1. The summed E-state index contributed by atoms with van der Waals surface area (Å²) in [6, 6.07) is 5.62. The number of aromatic hydroxyl groups is 1. The molecule has 1 aromatic carbocycles. The van der Waals surface area contributed by atoms with Gasteiger partial charge in [0.15, 0.2) is 17.5 Å². The molecule has 0 saturated heterocycles. The Morgan fingerprint density at radius 1 is 1.33 bits per heavy atom. The standard InChI is InChI=1S/C20H33N3O3S/c1-4-21-20(23-16-8-7-9-17(13-16)27(25)6-3)22-14-15-10-11-18(24)19(12-15)26-5-2/h10-12,16-17,24H,4-9,13-14H2,1-3H3,(H2,21,22,23). The summed E-state index contributed by atoms with van der Waals surface area (Å²) in [5.41, 5.74) is 0.974. The van der Waals surface area contributed by atoms with Crippen LogP contribution in [0, 0.1) is 0 Å². The average Bonchev–Trinajstić information content (AvgIpc) is 2.68. The summed E-state index contributed by atoms with van der Waals surface area (Å²) < 4.78 is 17.6. The van der Waals surface area contributed by atoms with Gasteiger partial charge in [0.1, 0.15) is 0 Å². The lowest BCUT2D eigenvalue weighted by Gasteiger charge is -2.30. The number of nitrogens with one attached hydrogen (secondary N) is 2. The van der Waals surface area contributed by atoms with Crippen LogP contribution in [-0.2, 0) is 17.3 Å². The molecule has 7 heteroatoms. The van der Waals surface area contributed by atoms with Crippen LogP contribution in [0.4, 0.5) is 0 Å². The first-order valence-electron chi connectivity index (χ1n) is 9.94. The van der Waals surface area contributed by atoms with E-state index in [1.54, 1.807) is 6.07 Å². The Labute approximate surface area is 165 Å². The molecule has 152 valence electrons. The maximum Gasteiger partial charge on any atom is 0.191 e. The van der Waals surface area contributed by atoms with Gasteiger partial charge >= 0.3 is 0 Å². The SMILES string of the molecule is CCNC(=NCc1ccc(O)c(OCC)c1)NC1CCCC(S(=O)CC)C1. The van der Waals surface area contributed by atoms with Crippen LogP contribution in [0.2, 0.25) is 0 Å². The second-order valence-corrected chi connectivity index (χ2v) is 8.74. The molecule has 6 nitrogen and oxygen atoms in total. The zero-order valence-electron chi connectivity index (χ0n) is 16.7. The summed E-state index contributed by atoms with van der Waals surface area (Å²) in [6.45, 7) is 7.70. The predicted molar refractivity (Wildman–Crippen MR) is 112 cm³/mol. The van der Waals surface area contributed by atoms with E-state index in [0.29, 0.717) is 24.9 Å². The molecule has 1 aliphatic rings. The van der Waals surface area contributed by atoms with Crippen LogP contribution in [0.3, 0.4) is 0 Å². The van der Waals surface area contributed by atoms with Crippen molar-refractivity contribution in [3.05, 3.63) is 23.8 Å². The Bertz CT molecular complexity index is 651. The Morgan fingerprint density at radius 2 is 2.15 bits per heavy atom. The van der Waals surface area contributed by atoms with Crippen LogP contribution in [0.25, 0.3) is 0 Å². The molecule has 3 N–H and O–H groups in total. The zero-order valence-corrected chi connectivity index (χ0v) is 17.5. The molecule has 27 heavy (non-hydrogen) atoms. The highest BCUT2D eigenvalue weighted by atomic mass is 32.2. The second-order valence-electron chi connectivity index (χ2n) is 6.73. The van der Waals surface area contributed by atoms with Crippen molar-refractivity contribution in [1.82, 2.24) is 10.6 Å². The first-order valence-corrected chi connectivity index (χ1v) is 11.3. The van der Waals surface area contributed by atoms with Crippen LogP contribution in [0.1, 0.15) is 52.0 Å². The summed E-state index contributed by atoms with van der Waals surface area (Å²) in [7, 11) is -0.731. The number of phenols is 1. The van der Waals surface area contributed by atoms with E-state index in [0.717, 1.165) is 49.5 Å². The van der Waals surface area contributed by atoms with Gasteiger partial charge in [0.05, 0.1) is 13.2 Å². The third kappa shape index (κ3) is 6.72. The van der Waals surface area contributed by atoms with E-state index in [1.807, 2.05) is 32.9 Å². The van der Waals surface area contributed by atoms with Crippen molar-refractivity contribution in [2.75, 3.05) is 18.9 Å². The van der Waals surface area contributed by atoms with Crippen molar-refractivity contribution in [3.63, 3.8) is 0 Å². The summed E-state index contributed by atoms with van der Waals surface area (Å²) >= 11 is 0. The highest BCUT2D eigenvalue weighted by Gasteiger charge is 2.26. The van der Waals surface area contributed by atoms with Crippen molar-refractivity contribution < 1.29 is 14.1 Å². The third-order valence-electron chi connectivity index (χ3n) is 4.71. The number of aliphatic imine (C=N–C) groups is 1. The lowest BCUT2D eigenvalue weighted by atomic mass is 9.95. The molecule has 0 radical (unpaired) electrons. The summed E-state index contributed by atoms with van der Waals surface area (Å²) in [6.07, 6.45) is 4.16. The van der Waals surface area contributed by atoms with Gasteiger partial charge in [0, 0.05) is 34.4 Å². The van der Waals surface area contributed by atoms with Gasteiger partial charge in [0.25, 0.3) is 0 Å². The maximum atomic E-state index is 12.2. The number of hydrogen-bond acceptors (Lipinski definition) is 4. The minimum Gasteiger partial charge on any atom is -0.504 e. The number of rotatable bonds is 8. The van der Waals surface area contributed by atoms with Crippen molar-refractivity contribution in [1.29, 1.82) is 0 Å². The maximum absolute atomic E-state index is 12.2. The molecule has 3 unspecified atom stereocenters. The third-order valence-corrected chi connectivity index (χ3v) is 6.45. The lowest BCUT2D eigenvalue weighted by Crippen LogP contribution is -2.46. The van der Waals surface area contributed by atoms with Gasteiger partial charge in [-0.3, -0.25) is 4.21 Å². The molecule has 0 bridgehead atoms. The van der Waals surface area contributed by atoms with Crippen LogP contribution in [0.5, 0.6) is 11.5 Å². The Balaban J connectivity index is 2.01. The monoisotopic (exact) mass is 395 g/mol. The molecule has 0 amide bonds. The van der Waals surface area contributed by atoms with E-state index in [4.69, 9.17) is 4.74 Å². The Morgan fingerprint density at radius 3 is 2.85 bits per heavy atom. The van der Waals surface area contributed by atoms with Crippen molar-refractivity contribution in [2.24, 2.45) is 4.99 Å². The fourth-order valence-corrected chi connectivity index (χ4v) is 4.71. The van der Waals surface area contributed by atoms with E-state index in [1.165, 1.54) is 0 Å². The van der Waals surface area contributed by atoms with Gasteiger partial charge in [-0.05, 0) is 50.8 Å². The predicted octanol–water partition coefficient (Wildman–Crippen LogP) is 2.93. The molecule has 1 saturated carbocycles. The van der Waals surface area contributed by atoms with E-state index in [-0.39, 0.29) is 11.0 Å². The smallest absolute Gasteiger partial charge is 0.191 e. The van der Waals surface area contributed by atoms with Gasteiger partial charge in [-0.15, -0.1) is 0 Å². The molecule has 2 rings (SSSR count). The van der Waals surface area contributed by atoms with Gasteiger partial charge in [0.2, 0.25) is 0 Å². The Hall–Kier alpha value is -1.76. The molecular weight excluding hydrogens is 362 g/mol. The number of ether oxygens (including phenoxy) is 1. The largest absolute Gasteiger partial charge is 0.504 e. The van der Waals surface area contributed by atoms with Gasteiger partial charge < -0.3 is 20.5 Å². The highest BCUT2D eigenvalue weighted by molar-refractivity contribution is 7.85. The van der Waals surface area contributed by atoms with Crippen LogP contribution in [-0.4, -0.2) is 45.5 Å². The van der Waals surface area contributed by atoms with Gasteiger partial charge in [-0.25, -0.2) is 4.99 Å². The van der Waals surface area contributed by atoms with E-state index in [2.05, 4.69) is 15.6 Å². The molecule has 1 aliphatic carbocycles. The number of phenolic OH excluding ortho intramolecular Hbond substituents is 1. The zero-order chi connectivity index (χ0) is 19.6. The molecule has 3 atom stereocenters. The number of benzene rings is 1. The van der Waals surface area contributed by atoms with Crippen LogP contribution in [0.15, 0.2) is 23.2 Å². The molecule has 1 aromatic rings. The summed E-state index contributed by atoms with van der Waals surface area (Å²) in [5.74, 6) is 2.14. The molecule has 0 heterocycles. The minimum absolute atomic E-state index is 0.145. The van der Waals surface area contributed by atoms with Crippen molar-refractivity contribution >= 4 is 16.8 Å². The van der Waals surface area contributed by atoms with Gasteiger partial charge in [-0.2, -0.15) is 0 Å². The number of guanidine groups is 1. The normalized spacial score (nSPS) is 21.5.